The Morgan fingerprint density at radius 3 is 1.95 bits per heavy atom. The summed E-state index contributed by atoms with van der Waals surface area (Å²) in [6.07, 6.45) is 0. The summed E-state index contributed by atoms with van der Waals surface area (Å²) in [6.45, 7) is 0. The average molecular weight is 262 g/mol. The highest BCUT2D eigenvalue weighted by Gasteiger charge is 2.21. The molecule has 0 aliphatic carbocycles. The molecule has 0 aliphatic heterocycles. The molecule has 0 fully saturated rings. The summed E-state index contributed by atoms with van der Waals surface area (Å²) < 4.78 is 0. The number of ketones is 1. The summed E-state index contributed by atoms with van der Waals surface area (Å²) in [5, 5.41) is 46.9. The largest absolute Gasteiger partial charge is 0.507 e. The van der Waals surface area contributed by atoms with E-state index in [4.69, 9.17) is 5.11 Å². The first-order valence-electron chi connectivity index (χ1n) is 5.22. The molecule has 0 aromatic heterocycles. The van der Waals surface area contributed by atoms with Crippen molar-refractivity contribution < 1.29 is 30.3 Å². The highest BCUT2D eigenvalue weighted by Crippen LogP contribution is 2.37. The second kappa shape index (κ2) is 4.41. The first kappa shape index (κ1) is 12.6. The van der Waals surface area contributed by atoms with Gasteiger partial charge in [0.2, 0.25) is 5.78 Å². The van der Waals surface area contributed by atoms with E-state index in [2.05, 4.69) is 0 Å². The maximum absolute atomic E-state index is 12.1. The van der Waals surface area contributed by atoms with Crippen molar-refractivity contribution in [2.24, 2.45) is 0 Å². The molecule has 2 aromatic rings. The van der Waals surface area contributed by atoms with Gasteiger partial charge in [-0.1, -0.05) is 0 Å². The molecule has 0 unspecified atom stereocenters. The quantitative estimate of drug-likeness (QED) is 0.317. The molecular formula is C13H10O6. The molecular weight excluding hydrogens is 252 g/mol. The number of benzene rings is 2. The van der Waals surface area contributed by atoms with Gasteiger partial charge in [-0.3, -0.25) is 4.79 Å². The molecule has 0 atom stereocenters. The average Bonchev–Trinajstić information content (AvgIpc) is 2.37. The topological polar surface area (TPSA) is 118 Å². The van der Waals surface area contributed by atoms with Crippen LogP contribution in [0.1, 0.15) is 15.9 Å². The van der Waals surface area contributed by atoms with Gasteiger partial charge in [-0.05, 0) is 30.3 Å². The van der Waals surface area contributed by atoms with Crippen molar-refractivity contribution >= 4 is 5.78 Å². The monoisotopic (exact) mass is 262 g/mol. The van der Waals surface area contributed by atoms with Gasteiger partial charge in [-0.15, -0.1) is 0 Å². The SMILES string of the molecule is O=C(c1ccc(O)c(O)c1)c1c(O)ccc(O)c1O. The Kier molecular flexibility index (Phi) is 2.92. The van der Waals surface area contributed by atoms with Crippen LogP contribution in [0.5, 0.6) is 28.7 Å². The van der Waals surface area contributed by atoms with Gasteiger partial charge < -0.3 is 25.5 Å². The van der Waals surface area contributed by atoms with Crippen molar-refractivity contribution in [3.05, 3.63) is 41.5 Å². The smallest absolute Gasteiger partial charge is 0.200 e. The lowest BCUT2D eigenvalue weighted by Gasteiger charge is -2.08. The Morgan fingerprint density at radius 1 is 0.737 bits per heavy atom. The van der Waals surface area contributed by atoms with Gasteiger partial charge >= 0.3 is 0 Å². The number of phenols is 5. The van der Waals surface area contributed by atoms with Crippen LogP contribution in [0.2, 0.25) is 0 Å². The van der Waals surface area contributed by atoms with Crippen molar-refractivity contribution in [1.29, 1.82) is 0 Å². The number of hydrogen-bond acceptors (Lipinski definition) is 6. The van der Waals surface area contributed by atoms with E-state index in [0.717, 1.165) is 24.3 Å². The number of carbonyl (C=O) groups is 1. The van der Waals surface area contributed by atoms with E-state index in [1.165, 1.54) is 6.07 Å². The summed E-state index contributed by atoms with van der Waals surface area (Å²) >= 11 is 0. The van der Waals surface area contributed by atoms with E-state index >= 15 is 0 Å². The van der Waals surface area contributed by atoms with Gasteiger partial charge in [0.25, 0.3) is 0 Å². The number of rotatable bonds is 2. The van der Waals surface area contributed by atoms with Crippen LogP contribution >= 0.6 is 0 Å². The Labute approximate surface area is 107 Å². The molecule has 0 bridgehead atoms. The predicted molar refractivity (Wildman–Crippen MR) is 64.6 cm³/mol. The van der Waals surface area contributed by atoms with E-state index in [9.17, 15) is 25.2 Å². The van der Waals surface area contributed by atoms with Gasteiger partial charge in [-0.25, -0.2) is 0 Å². The second-order valence-electron chi connectivity index (χ2n) is 3.86. The molecule has 0 amide bonds. The summed E-state index contributed by atoms with van der Waals surface area (Å²) in [5.41, 5.74) is -0.545. The van der Waals surface area contributed by atoms with Gasteiger partial charge in [0.05, 0.1) is 0 Å². The maximum Gasteiger partial charge on any atom is 0.200 e. The fourth-order valence-corrected chi connectivity index (χ4v) is 1.60. The minimum Gasteiger partial charge on any atom is -0.507 e. The molecule has 2 rings (SSSR count). The Balaban J connectivity index is 2.56. The van der Waals surface area contributed by atoms with Crippen LogP contribution in [0.4, 0.5) is 0 Å². The van der Waals surface area contributed by atoms with Gasteiger partial charge in [0.15, 0.2) is 23.0 Å². The van der Waals surface area contributed by atoms with Gasteiger partial charge in [0.1, 0.15) is 11.3 Å². The lowest BCUT2D eigenvalue weighted by molar-refractivity contribution is 0.103. The first-order chi connectivity index (χ1) is 8.91. The van der Waals surface area contributed by atoms with Crippen LogP contribution in [0.25, 0.3) is 0 Å². The Hall–Kier alpha value is -2.89. The van der Waals surface area contributed by atoms with E-state index in [0.29, 0.717) is 0 Å². The zero-order chi connectivity index (χ0) is 14.2. The molecule has 0 spiro atoms. The summed E-state index contributed by atoms with van der Waals surface area (Å²) in [6, 6.07) is 5.39. The molecule has 2 aromatic carbocycles. The Morgan fingerprint density at radius 2 is 1.32 bits per heavy atom. The lowest BCUT2D eigenvalue weighted by atomic mass is 10.0. The number of hydrogen-bond donors (Lipinski definition) is 5. The molecule has 0 saturated carbocycles. The van der Waals surface area contributed by atoms with Crippen LogP contribution in [-0.2, 0) is 0 Å². The van der Waals surface area contributed by atoms with E-state index in [-0.39, 0.29) is 5.56 Å². The van der Waals surface area contributed by atoms with Crippen molar-refractivity contribution in [2.45, 2.75) is 0 Å². The number of phenolic OH excluding ortho intramolecular Hbond substituents is 5. The van der Waals surface area contributed by atoms with E-state index in [1.54, 1.807) is 0 Å². The Bertz CT molecular complexity index is 662. The lowest BCUT2D eigenvalue weighted by Crippen LogP contribution is -2.02. The third-order valence-corrected chi connectivity index (χ3v) is 2.60. The molecule has 6 nitrogen and oxygen atoms in total. The molecule has 0 radical (unpaired) electrons. The molecule has 19 heavy (non-hydrogen) atoms. The highest BCUT2D eigenvalue weighted by atomic mass is 16.3. The normalized spacial score (nSPS) is 10.3. The van der Waals surface area contributed by atoms with Crippen LogP contribution in [-0.4, -0.2) is 31.3 Å². The van der Waals surface area contributed by atoms with Crippen molar-refractivity contribution in [2.75, 3.05) is 0 Å². The third-order valence-electron chi connectivity index (χ3n) is 2.60. The van der Waals surface area contributed by atoms with Gasteiger partial charge in [-0.2, -0.15) is 0 Å². The minimum atomic E-state index is -0.804. The third kappa shape index (κ3) is 2.11. The summed E-state index contributed by atoms with van der Waals surface area (Å²) in [4.78, 5) is 12.1. The molecule has 6 heteroatoms. The minimum absolute atomic E-state index is 0.0634. The van der Waals surface area contributed by atoms with Crippen LogP contribution < -0.4 is 0 Å². The fourth-order valence-electron chi connectivity index (χ4n) is 1.60. The summed E-state index contributed by atoms with van der Waals surface area (Å²) in [5.74, 6) is -3.53. The maximum atomic E-state index is 12.1. The van der Waals surface area contributed by atoms with Crippen molar-refractivity contribution in [3.63, 3.8) is 0 Å². The fraction of sp³-hybridized carbons (Fsp3) is 0. The molecule has 0 heterocycles. The zero-order valence-electron chi connectivity index (χ0n) is 9.53. The van der Waals surface area contributed by atoms with Crippen molar-refractivity contribution in [1.82, 2.24) is 0 Å². The molecule has 5 N–H and O–H groups in total. The highest BCUT2D eigenvalue weighted by molar-refractivity contribution is 6.13. The van der Waals surface area contributed by atoms with E-state index in [1.807, 2.05) is 0 Å². The van der Waals surface area contributed by atoms with Crippen molar-refractivity contribution in [3.8, 4) is 28.7 Å². The van der Waals surface area contributed by atoms with E-state index < -0.39 is 40.1 Å². The number of carbonyl (C=O) groups excluding carboxylic acids is 1. The van der Waals surface area contributed by atoms with Crippen LogP contribution in [0, 0.1) is 0 Å². The summed E-state index contributed by atoms with van der Waals surface area (Å²) in [7, 11) is 0. The second-order valence-corrected chi connectivity index (χ2v) is 3.86. The predicted octanol–water partition coefficient (Wildman–Crippen LogP) is 1.45. The molecule has 98 valence electrons. The van der Waals surface area contributed by atoms with Gasteiger partial charge in [0, 0.05) is 5.56 Å². The zero-order valence-corrected chi connectivity index (χ0v) is 9.53. The van der Waals surface area contributed by atoms with Crippen LogP contribution in [0.15, 0.2) is 30.3 Å². The first-order valence-corrected chi connectivity index (χ1v) is 5.22. The number of aromatic hydroxyl groups is 5. The van der Waals surface area contributed by atoms with Crippen LogP contribution in [0.3, 0.4) is 0 Å². The standard InChI is InChI=1S/C13H10O6/c14-7-2-1-6(5-10(7)17)12(18)11-8(15)3-4-9(16)13(11)19/h1-5,14-17,19H. The molecule has 0 saturated heterocycles. The molecule has 0 aliphatic rings.